The molecule has 0 aromatic rings. The van der Waals surface area contributed by atoms with Crippen molar-refractivity contribution in [2.24, 2.45) is 17.8 Å². The Bertz CT molecular complexity index is 141. The molecule has 0 spiro atoms. The normalized spacial score (nSPS) is 26.8. The van der Waals surface area contributed by atoms with E-state index in [0.717, 1.165) is 24.2 Å². The molecule has 0 aromatic heterocycles. The number of aliphatic hydroxyl groups excluding tert-OH is 1. The van der Waals surface area contributed by atoms with Gasteiger partial charge in [-0.3, -0.25) is 0 Å². The third-order valence-corrected chi connectivity index (χ3v) is 3.34. The highest BCUT2D eigenvalue weighted by molar-refractivity contribution is 4.90. The molecule has 2 N–H and O–H groups in total. The summed E-state index contributed by atoms with van der Waals surface area (Å²) < 4.78 is 0. The summed E-state index contributed by atoms with van der Waals surface area (Å²) >= 11 is 0. The summed E-state index contributed by atoms with van der Waals surface area (Å²) in [7, 11) is 0. The zero-order valence-electron chi connectivity index (χ0n) is 7.63. The molecule has 2 aliphatic rings. The van der Waals surface area contributed by atoms with Gasteiger partial charge in [0, 0.05) is 6.61 Å². The maximum absolute atomic E-state index is 8.77. The van der Waals surface area contributed by atoms with Crippen LogP contribution in [0.4, 0.5) is 0 Å². The van der Waals surface area contributed by atoms with Crippen LogP contribution >= 0.6 is 0 Å². The van der Waals surface area contributed by atoms with Crippen molar-refractivity contribution in [3.63, 3.8) is 0 Å². The maximum Gasteiger partial charge on any atom is 0.0431 e. The number of hydrogen-bond donors (Lipinski definition) is 2. The van der Waals surface area contributed by atoms with Crippen LogP contribution in [0.1, 0.15) is 25.7 Å². The van der Waals surface area contributed by atoms with Gasteiger partial charge in [-0.15, -0.1) is 0 Å². The van der Waals surface area contributed by atoms with E-state index in [4.69, 9.17) is 5.11 Å². The summed E-state index contributed by atoms with van der Waals surface area (Å²) in [5, 5.41) is 12.1. The second-order valence-corrected chi connectivity index (χ2v) is 4.29. The Morgan fingerprint density at radius 2 is 2.00 bits per heavy atom. The molecule has 70 valence electrons. The smallest absolute Gasteiger partial charge is 0.0431 e. The summed E-state index contributed by atoms with van der Waals surface area (Å²) in [6, 6.07) is 0. The van der Waals surface area contributed by atoms with Crippen molar-refractivity contribution in [1.29, 1.82) is 0 Å². The standard InChI is InChI=1S/C10H19NO/c12-5-1-2-10(8-3-4-8)9-6-11-7-9/h8-12H,1-7H2. The van der Waals surface area contributed by atoms with E-state index in [-0.39, 0.29) is 0 Å². The first-order valence-corrected chi connectivity index (χ1v) is 5.23. The minimum Gasteiger partial charge on any atom is -0.396 e. The largest absolute Gasteiger partial charge is 0.396 e. The molecule has 2 rings (SSSR count). The first-order valence-electron chi connectivity index (χ1n) is 5.23. The molecule has 1 saturated heterocycles. The fourth-order valence-corrected chi connectivity index (χ4v) is 2.32. The van der Waals surface area contributed by atoms with Gasteiger partial charge in [0.1, 0.15) is 0 Å². The third-order valence-electron chi connectivity index (χ3n) is 3.34. The van der Waals surface area contributed by atoms with Crippen molar-refractivity contribution in [2.75, 3.05) is 19.7 Å². The molecule has 1 saturated carbocycles. The molecule has 2 heteroatoms. The minimum atomic E-state index is 0.378. The van der Waals surface area contributed by atoms with Crippen molar-refractivity contribution in [2.45, 2.75) is 25.7 Å². The van der Waals surface area contributed by atoms with E-state index in [1.165, 1.54) is 32.4 Å². The van der Waals surface area contributed by atoms with E-state index in [9.17, 15) is 0 Å². The van der Waals surface area contributed by atoms with Gasteiger partial charge in [-0.25, -0.2) is 0 Å². The Hall–Kier alpha value is -0.0800. The highest BCUT2D eigenvalue weighted by Crippen LogP contribution is 2.43. The maximum atomic E-state index is 8.77. The summed E-state index contributed by atoms with van der Waals surface area (Å²) in [5.41, 5.74) is 0. The fourth-order valence-electron chi connectivity index (χ4n) is 2.32. The second-order valence-electron chi connectivity index (χ2n) is 4.29. The monoisotopic (exact) mass is 169 g/mol. The van der Waals surface area contributed by atoms with Crippen LogP contribution in [0, 0.1) is 17.8 Å². The van der Waals surface area contributed by atoms with Gasteiger partial charge >= 0.3 is 0 Å². The minimum absolute atomic E-state index is 0.378. The lowest BCUT2D eigenvalue weighted by molar-refractivity contribution is 0.180. The first-order chi connectivity index (χ1) is 5.92. The van der Waals surface area contributed by atoms with Crippen LogP contribution in [0.2, 0.25) is 0 Å². The summed E-state index contributed by atoms with van der Waals surface area (Å²) in [6.45, 7) is 2.84. The Balaban J connectivity index is 1.75. The summed E-state index contributed by atoms with van der Waals surface area (Å²) in [6.07, 6.45) is 5.17. The van der Waals surface area contributed by atoms with Crippen LogP contribution in [-0.2, 0) is 0 Å². The average molecular weight is 169 g/mol. The molecule has 1 atom stereocenters. The lowest BCUT2D eigenvalue weighted by Gasteiger charge is -2.35. The molecule has 1 aliphatic heterocycles. The van der Waals surface area contributed by atoms with Gasteiger partial charge in [-0.2, -0.15) is 0 Å². The van der Waals surface area contributed by atoms with Gasteiger partial charge < -0.3 is 10.4 Å². The molecule has 2 fully saturated rings. The van der Waals surface area contributed by atoms with Crippen LogP contribution in [0.15, 0.2) is 0 Å². The average Bonchev–Trinajstić information content (AvgIpc) is 2.75. The van der Waals surface area contributed by atoms with Crippen molar-refractivity contribution in [1.82, 2.24) is 5.32 Å². The van der Waals surface area contributed by atoms with Crippen LogP contribution < -0.4 is 5.32 Å². The second kappa shape index (κ2) is 3.75. The molecule has 0 aromatic carbocycles. The van der Waals surface area contributed by atoms with Gasteiger partial charge in [-0.1, -0.05) is 0 Å². The Labute approximate surface area is 74.4 Å². The summed E-state index contributed by atoms with van der Waals surface area (Å²) in [5.74, 6) is 2.88. The first kappa shape index (κ1) is 8.52. The van der Waals surface area contributed by atoms with Gasteiger partial charge in [0.15, 0.2) is 0 Å². The molecule has 0 radical (unpaired) electrons. The zero-order valence-corrected chi connectivity index (χ0v) is 7.63. The van der Waals surface area contributed by atoms with E-state index in [0.29, 0.717) is 6.61 Å². The Morgan fingerprint density at radius 1 is 1.25 bits per heavy atom. The Kier molecular flexibility index (Phi) is 2.66. The van der Waals surface area contributed by atoms with Crippen LogP contribution in [0.25, 0.3) is 0 Å². The number of rotatable bonds is 5. The molecule has 0 amide bonds. The van der Waals surface area contributed by atoms with Crippen molar-refractivity contribution < 1.29 is 5.11 Å². The highest BCUT2D eigenvalue weighted by Gasteiger charge is 2.37. The Morgan fingerprint density at radius 3 is 2.42 bits per heavy atom. The van der Waals surface area contributed by atoms with Crippen LogP contribution in [0.3, 0.4) is 0 Å². The fraction of sp³-hybridized carbons (Fsp3) is 1.00. The molecule has 2 nitrogen and oxygen atoms in total. The molecule has 0 bridgehead atoms. The van der Waals surface area contributed by atoms with Gasteiger partial charge in [0.05, 0.1) is 0 Å². The lowest BCUT2D eigenvalue weighted by atomic mass is 9.81. The number of hydrogen-bond acceptors (Lipinski definition) is 2. The molecule has 12 heavy (non-hydrogen) atoms. The third kappa shape index (κ3) is 1.80. The van der Waals surface area contributed by atoms with Gasteiger partial charge in [-0.05, 0) is 56.5 Å². The number of aliphatic hydroxyl groups is 1. The van der Waals surface area contributed by atoms with Crippen LogP contribution in [-0.4, -0.2) is 24.8 Å². The summed E-state index contributed by atoms with van der Waals surface area (Å²) in [4.78, 5) is 0. The van der Waals surface area contributed by atoms with Gasteiger partial charge in [0.25, 0.3) is 0 Å². The molecule has 1 unspecified atom stereocenters. The van der Waals surface area contributed by atoms with E-state index < -0.39 is 0 Å². The molecular weight excluding hydrogens is 150 g/mol. The highest BCUT2D eigenvalue weighted by atomic mass is 16.2. The van der Waals surface area contributed by atoms with Crippen LogP contribution in [0.5, 0.6) is 0 Å². The van der Waals surface area contributed by atoms with Crippen molar-refractivity contribution in [3.8, 4) is 0 Å². The zero-order chi connectivity index (χ0) is 8.39. The molecule has 1 aliphatic carbocycles. The van der Waals surface area contributed by atoms with E-state index in [2.05, 4.69) is 5.32 Å². The predicted molar refractivity (Wildman–Crippen MR) is 48.9 cm³/mol. The number of nitrogens with one attached hydrogen (secondary N) is 1. The van der Waals surface area contributed by atoms with Crippen molar-refractivity contribution in [3.05, 3.63) is 0 Å². The SMILES string of the molecule is OCCCC(C1CC1)C1CNC1. The molecular formula is C10H19NO. The quantitative estimate of drug-likeness (QED) is 0.643. The van der Waals surface area contributed by atoms with E-state index in [1.807, 2.05) is 0 Å². The topological polar surface area (TPSA) is 32.3 Å². The van der Waals surface area contributed by atoms with E-state index in [1.54, 1.807) is 0 Å². The predicted octanol–water partition coefficient (Wildman–Crippen LogP) is 1.00. The lowest BCUT2D eigenvalue weighted by Crippen LogP contribution is -2.46. The molecule has 1 heterocycles. The van der Waals surface area contributed by atoms with Crippen molar-refractivity contribution >= 4 is 0 Å². The van der Waals surface area contributed by atoms with E-state index >= 15 is 0 Å². The van der Waals surface area contributed by atoms with Gasteiger partial charge in [0.2, 0.25) is 0 Å².